The molecule has 0 unspecified atom stereocenters. The van der Waals surface area contributed by atoms with Crippen molar-refractivity contribution in [3.05, 3.63) is 24.3 Å². The molecular weight excluding hydrogens is 332 g/mol. The van der Waals surface area contributed by atoms with E-state index in [1.807, 2.05) is 0 Å². The molecule has 3 nitrogen and oxygen atoms in total. The fraction of sp³-hybridized carbons (Fsp3) is 0.833. The molecule has 0 aromatic heterocycles. The van der Waals surface area contributed by atoms with E-state index in [1.165, 1.54) is 25.7 Å². The summed E-state index contributed by atoms with van der Waals surface area (Å²) in [7, 11) is 0. The van der Waals surface area contributed by atoms with Crippen molar-refractivity contribution in [2.24, 2.45) is 11.8 Å². The Labute approximate surface area is 168 Å². The monoisotopic (exact) mass is 376 g/mol. The molecule has 0 atom stereocenters. The summed E-state index contributed by atoms with van der Waals surface area (Å²) in [4.78, 5) is 0. The molecule has 0 aromatic rings. The second-order valence-electron chi connectivity index (χ2n) is 11.5. The molecule has 156 valence electrons. The standard InChI is InChI=1S/C24H44N2O/c1-21(2)15-19(16-22(3,4)25-21)11-9-13-27-14-10-12-20-17-23(5,6)26-24(7,8)18-20/h9-12,19-20,25-26H,13-18H2,1-8H3. The maximum absolute atomic E-state index is 5.82. The van der Waals surface area contributed by atoms with Crippen LogP contribution < -0.4 is 10.6 Å². The molecule has 2 aliphatic heterocycles. The largest absolute Gasteiger partial charge is 0.373 e. The minimum absolute atomic E-state index is 0.205. The molecule has 0 saturated carbocycles. The predicted octanol–water partition coefficient (Wildman–Crippen LogP) is 5.23. The Kier molecular flexibility index (Phi) is 7.03. The first-order valence-corrected chi connectivity index (χ1v) is 10.8. The number of hydrogen-bond acceptors (Lipinski definition) is 3. The van der Waals surface area contributed by atoms with Gasteiger partial charge in [0.2, 0.25) is 0 Å². The van der Waals surface area contributed by atoms with Gasteiger partial charge in [-0.3, -0.25) is 0 Å². The van der Waals surface area contributed by atoms with Gasteiger partial charge in [0.05, 0.1) is 13.2 Å². The Bertz CT molecular complexity index is 463. The highest BCUT2D eigenvalue weighted by molar-refractivity contribution is 5.04. The highest BCUT2D eigenvalue weighted by atomic mass is 16.5. The third kappa shape index (κ3) is 8.09. The van der Waals surface area contributed by atoms with Crippen LogP contribution in [0.1, 0.15) is 81.1 Å². The lowest BCUT2D eigenvalue weighted by atomic mass is 9.76. The molecule has 2 heterocycles. The number of rotatable bonds is 6. The number of piperidine rings is 2. The van der Waals surface area contributed by atoms with Crippen LogP contribution in [0.2, 0.25) is 0 Å². The summed E-state index contributed by atoms with van der Waals surface area (Å²) >= 11 is 0. The normalized spacial score (nSPS) is 28.1. The van der Waals surface area contributed by atoms with Gasteiger partial charge in [-0.05, 0) is 92.9 Å². The van der Waals surface area contributed by atoms with Crippen molar-refractivity contribution in [1.82, 2.24) is 10.6 Å². The molecule has 0 amide bonds. The summed E-state index contributed by atoms with van der Waals surface area (Å²) in [5, 5.41) is 7.49. The summed E-state index contributed by atoms with van der Waals surface area (Å²) in [6.07, 6.45) is 13.9. The molecular formula is C24H44N2O. The van der Waals surface area contributed by atoms with Gasteiger partial charge in [0.25, 0.3) is 0 Å². The molecule has 0 aliphatic carbocycles. The van der Waals surface area contributed by atoms with E-state index >= 15 is 0 Å². The van der Waals surface area contributed by atoms with E-state index in [-0.39, 0.29) is 22.2 Å². The number of nitrogens with one attached hydrogen (secondary N) is 2. The zero-order valence-electron chi connectivity index (χ0n) is 19.1. The minimum Gasteiger partial charge on any atom is -0.373 e. The van der Waals surface area contributed by atoms with E-state index < -0.39 is 0 Å². The molecule has 2 saturated heterocycles. The van der Waals surface area contributed by atoms with Crippen molar-refractivity contribution in [2.75, 3.05) is 13.2 Å². The van der Waals surface area contributed by atoms with E-state index in [0.717, 1.165) is 0 Å². The van der Waals surface area contributed by atoms with Gasteiger partial charge in [-0.1, -0.05) is 24.3 Å². The fourth-order valence-corrected chi connectivity index (χ4v) is 5.77. The SMILES string of the molecule is CC1(C)CC(C=CCOCC=CC2CC(C)(C)NC(C)(C)C2)CC(C)(C)N1. The molecule has 0 aromatic carbocycles. The van der Waals surface area contributed by atoms with E-state index in [0.29, 0.717) is 25.0 Å². The van der Waals surface area contributed by atoms with Crippen LogP contribution in [0, 0.1) is 11.8 Å². The van der Waals surface area contributed by atoms with Crippen molar-refractivity contribution in [3.63, 3.8) is 0 Å². The maximum Gasteiger partial charge on any atom is 0.0651 e. The summed E-state index contributed by atoms with van der Waals surface area (Å²) < 4.78 is 5.82. The Morgan fingerprint density at radius 2 is 0.926 bits per heavy atom. The van der Waals surface area contributed by atoms with Crippen molar-refractivity contribution < 1.29 is 4.74 Å². The lowest BCUT2D eigenvalue weighted by molar-refractivity contribution is 0.148. The van der Waals surface area contributed by atoms with Gasteiger partial charge in [-0.15, -0.1) is 0 Å². The smallest absolute Gasteiger partial charge is 0.0651 e. The predicted molar refractivity (Wildman–Crippen MR) is 117 cm³/mol. The van der Waals surface area contributed by atoms with Gasteiger partial charge in [0.15, 0.2) is 0 Å². The second-order valence-corrected chi connectivity index (χ2v) is 11.5. The van der Waals surface area contributed by atoms with Crippen molar-refractivity contribution in [1.29, 1.82) is 0 Å². The van der Waals surface area contributed by atoms with Crippen LogP contribution in [0.25, 0.3) is 0 Å². The van der Waals surface area contributed by atoms with Crippen LogP contribution >= 0.6 is 0 Å². The first-order chi connectivity index (χ1) is 12.3. The fourth-order valence-electron chi connectivity index (χ4n) is 5.77. The molecule has 2 aliphatic rings. The summed E-state index contributed by atoms with van der Waals surface area (Å²) in [6, 6.07) is 0. The summed E-state index contributed by atoms with van der Waals surface area (Å²) in [5.74, 6) is 1.27. The molecule has 0 bridgehead atoms. The summed E-state index contributed by atoms with van der Waals surface area (Å²) in [5.41, 5.74) is 0.820. The first kappa shape index (κ1) is 22.6. The lowest BCUT2D eigenvalue weighted by Crippen LogP contribution is -2.57. The van der Waals surface area contributed by atoms with Crippen LogP contribution in [-0.4, -0.2) is 35.4 Å². The highest BCUT2D eigenvalue weighted by Crippen LogP contribution is 2.34. The Morgan fingerprint density at radius 1 is 0.630 bits per heavy atom. The molecule has 3 heteroatoms. The minimum atomic E-state index is 0.205. The van der Waals surface area contributed by atoms with E-state index in [9.17, 15) is 0 Å². The van der Waals surface area contributed by atoms with E-state index in [1.54, 1.807) is 0 Å². The third-order valence-corrected chi connectivity index (χ3v) is 5.69. The number of hydrogen-bond donors (Lipinski definition) is 2. The van der Waals surface area contributed by atoms with Crippen molar-refractivity contribution in [3.8, 4) is 0 Å². The zero-order valence-corrected chi connectivity index (χ0v) is 19.1. The van der Waals surface area contributed by atoms with Gasteiger partial charge >= 0.3 is 0 Å². The quantitative estimate of drug-likeness (QED) is 0.492. The van der Waals surface area contributed by atoms with Gasteiger partial charge in [-0.2, -0.15) is 0 Å². The van der Waals surface area contributed by atoms with Crippen LogP contribution in [0.3, 0.4) is 0 Å². The van der Waals surface area contributed by atoms with Gasteiger partial charge < -0.3 is 15.4 Å². The Hall–Kier alpha value is -0.640. The molecule has 0 spiro atoms. The molecule has 27 heavy (non-hydrogen) atoms. The van der Waals surface area contributed by atoms with Gasteiger partial charge in [0.1, 0.15) is 0 Å². The van der Waals surface area contributed by atoms with Gasteiger partial charge in [-0.25, -0.2) is 0 Å². The number of ether oxygens (including phenoxy) is 1. The Morgan fingerprint density at radius 3 is 1.22 bits per heavy atom. The first-order valence-electron chi connectivity index (χ1n) is 10.8. The van der Waals surface area contributed by atoms with Crippen molar-refractivity contribution in [2.45, 2.75) is 103 Å². The topological polar surface area (TPSA) is 33.3 Å². The average molecular weight is 377 g/mol. The maximum atomic E-state index is 5.82. The summed E-state index contributed by atoms with van der Waals surface area (Å²) in [6.45, 7) is 19.9. The second kappa shape index (κ2) is 8.39. The number of allylic oxidation sites excluding steroid dienone is 2. The van der Waals surface area contributed by atoms with Crippen LogP contribution in [0.4, 0.5) is 0 Å². The third-order valence-electron chi connectivity index (χ3n) is 5.69. The van der Waals surface area contributed by atoms with Crippen molar-refractivity contribution >= 4 is 0 Å². The van der Waals surface area contributed by atoms with Gasteiger partial charge in [0, 0.05) is 22.2 Å². The molecule has 2 rings (SSSR count). The molecule has 2 N–H and O–H groups in total. The van der Waals surface area contributed by atoms with Crippen LogP contribution in [0.5, 0.6) is 0 Å². The van der Waals surface area contributed by atoms with Crippen LogP contribution in [-0.2, 0) is 4.74 Å². The lowest BCUT2D eigenvalue weighted by Gasteiger charge is -2.45. The van der Waals surface area contributed by atoms with E-state index in [2.05, 4.69) is 90.3 Å². The Balaban J connectivity index is 1.71. The van der Waals surface area contributed by atoms with Crippen LogP contribution in [0.15, 0.2) is 24.3 Å². The molecule has 0 radical (unpaired) electrons. The van der Waals surface area contributed by atoms with E-state index in [4.69, 9.17) is 4.74 Å². The average Bonchev–Trinajstić information content (AvgIpc) is 2.39. The highest BCUT2D eigenvalue weighted by Gasteiger charge is 2.37. The zero-order chi connectivity index (χ0) is 20.3. The molecule has 2 fully saturated rings.